The number of urea groups is 1. The molecule has 2 saturated heterocycles. The number of primary amides is 1. The van der Waals surface area contributed by atoms with Crippen molar-refractivity contribution < 1.29 is 9.59 Å². The summed E-state index contributed by atoms with van der Waals surface area (Å²) in [4.78, 5) is 28.5. The highest BCUT2D eigenvalue weighted by molar-refractivity contribution is 5.77. The van der Waals surface area contributed by atoms with Crippen molar-refractivity contribution in [2.45, 2.75) is 24.9 Å². The van der Waals surface area contributed by atoms with Crippen LogP contribution in [0.5, 0.6) is 0 Å². The van der Waals surface area contributed by atoms with Crippen molar-refractivity contribution in [3.63, 3.8) is 0 Å². The van der Waals surface area contributed by atoms with E-state index in [2.05, 4.69) is 10.2 Å². The van der Waals surface area contributed by atoms with Crippen LogP contribution in [0, 0.1) is 5.92 Å². The van der Waals surface area contributed by atoms with E-state index in [-0.39, 0.29) is 23.9 Å². The van der Waals surface area contributed by atoms with E-state index >= 15 is 0 Å². The van der Waals surface area contributed by atoms with Gasteiger partial charge < -0.3 is 16.0 Å². The number of nitrogens with one attached hydrogen (secondary N) is 1. The van der Waals surface area contributed by atoms with Crippen LogP contribution in [0.2, 0.25) is 0 Å². The summed E-state index contributed by atoms with van der Waals surface area (Å²) in [6, 6.07) is 20.3. The first kappa shape index (κ1) is 19.5. The quantitative estimate of drug-likeness (QED) is 0.820. The Morgan fingerprint density at radius 3 is 1.90 bits per heavy atom. The van der Waals surface area contributed by atoms with E-state index in [9.17, 15) is 9.59 Å². The smallest absolute Gasteiger partial charge is 0.318 e. The average molecular weight is 393 g/mol. The number of carbonyl (C=O) groups excluding carboxylic acids is 2. The van der Waals surface area contributed by atoms with Crippen LogP contribution >= 0.6 is 0 Å². The molecule has 2 heterocycles. The van der Waals surface area contributed by atoms with Gasteiger partial charge in [0.1, 0.15) is 0 Å². The number of nitrogens with zero attached hydrogens (tertiary/aromatic N) is 2. The number of amides is 3. The van der Waals surface area contributed by atoms with Crippen LogP contribution in [0.25, 0.3) is 0 Å². The fourth-order valence-corrected chi connectivity index (χ4v) is 4.27. The Bertz CT molecular complexity index is 789. The molecule has 4 rings (SSSR count). The molecular formula is C23H28N4O2. The zero-order chi connectivity index (χ0) is 20.2. The van der Waals surface area contributed by atoms with Gasteiger partial charge in [-0.2, -0.15) is 0 Å². The van der Waals surface area contributed by atoms with Crippen LogP contribution in [0.15, 0.2) is 60.7 Å². The highest BCUT2D eigenvalue weighted by Gasteiger charge is 2.37. The lowest BCUT2D eigenvalue weighted by molar-refractivity contribution is -0.123. The highest BCUT2D eigenvalue weighted by atomic mass is 16.2. The van der Waals surface area contributed by atoms with Crippen LogP contribution in [0.3, 0.4) is 0 Å². The summed E-state index contributed by atoms with van der Waals surface area (Å²) in [7, 11) is 0. The van der Waals surface area contributed by atoms with E-state index in [0.717, 1.165) is 50.1 Å². The maximum atomic E-state index is 12.9. The Kier molecular flexibility index (Phi) is 5.81. The van der Waals surface area contributed by atoms with Crippen LogP contribution in [-0.2, 0) is 4.79 Å². The molecule has 0 unspecified atom stereocenters. The molecule has 2 aromatic carbocycles. The summed E-state index contributed by atoms with van der Waals surface area (Å²) < 4.78 is 0. The second kappa shape index (κ2) is 8.66. The number of rotatable bonds is 5. The maximum absolute atomic E-state index is 12.9. The van der Waals surface area contributed by atoms with Gasteiger partial charge in [-0.05, 0) is 37.1 Å². The molecule has 6 heteroatoms. The van der Waals surface area contributed by atoms with Crippen molar-refractivity contribution in [1.29, 1.82) is 0 Å². The molecule has 2 aromatic rings. The molecule has 0 atom stereocenters. The van der Waals surface area contributed by atoms with Gasteiger partial charge in [0, 0.05) is 25.0 Å². The number of benzene rings is 2. The Hall–Kier alpha value is -2.86. The van der Waals surface area contributed by atoms with Gasteiger partial charge in [-0.15, -0.1) is 0 Å². The van der Waals surface area contributed by atoms with E-state index in [1.807, 2.05) is 65.6 Å². The topological polar surface area (TPSA) is 78.7 Å². The van der Waals surface area contributed by atoms with Crippen molar-refractivity contribution in [2.75, 3.05) is 26.2 Å². The molecule has 3 amide bonds. The van der Waals surface area contributed by atoms with Crippen molar-refractivity contribution in [3.8, 4) is 0 Å². The van der Waals surface area contributed by atoms with Gasteiger partial charge >= 0.3 is 6.03 Å². The van der Waals surface area contributed by atoms with E-state index in [0.29, 0.717) is 6.04 Å². The summed E-state index contributed by atoms with van der Waals surface area (Å²) in [6.45, 7) is 3.21. The fraction of sp³-hybridized carbons (Fsp3) is 0.391. The summed E-state index contributed by atoms with van der Waals surface area (Å²) in [5, 5.41) is 3.20. The number of carbonyl (C=O) groups is 2. The summed E-state index contributed by atoms with van der Waals surface area (Å²) in [6.07, 6.45) is 1.64. The van der Waals surface area contributed by atoms with Crippen LogP contribution in [0.4, 0.5) is 4.79 Å². The third kappa shape index (κ3) is 4.43. The van der Waals surface area contributed by atoms with Crippen molar-refractivity contribution >= 4 is 11.9 Å². The number of nitrogens with two attached hydrogens (primary N) is 1. The molecule has 6 nitrogen and oxygen atoms in total. The predicted molar refractivity (Wildman–Crippen MR) is 112 cm³/mol. The average Bonchev–Trinajstić information content (AvgIpc) is 2.72. The Morgan fingerprint density at radius 1 is 0.897 bits per heavy atom. The molecule has 2 aliphatic heterocycles. The van der Waals surface area contributed by atoms with Gasteiger partial charge in [0.15, 0.2) is 0 Å². The third-order valence-electron chi connectivity index (χ3n) is 6.13. The van der Waals surface area contributed by atoms with Gasteiger partial charge in [-0.25, -0.2) is 4.79 Å². The number of hydrogen-bond acceptors (Lipinski definition) is 3. The summed E-state index contributed by atoms with van der Waals surface area (Å²) in [5.41, 5.74) is 7.56. The fourth-order valence-electron chi connectivity index (χ4n) is 4.27. The minimum Gasteiger partial charge on any atom is -0.369 e. The third-order valence-corrected chi connectivity index (χ3v) is 6.13. The number of hydrogen-bond donors (Lipinski definition) is 2. The molecular weight excluding hydrogens is 364 g/mol. The standard InChI is InChI=1S/C23H28N4O2/c24-22(28)19-11-13-26(14-12-19)20-15-27(16-20)23(29)25-21(17-7-3-1-4-8-17)18-9-5-2-6-10-18/h1-10,19-21H,11-16H2,(H2,24,28)(H,25,29). The highest BCUT2D eigenvalue weighted by Crippen LogP contribution is 2.25. The zero-order valence-electron chi connectivity index (χ0n) is 16.5. The van der Waals surface area contributed by atoms with Gasteiger partial charge in [-0.1, -0.05) is 60.7 Å². The molecule has 0 spiro atoms. The zero-order valence-corrected chi connectivity index (χ0v) is 16.5. The molecule has 0 saturated carbocycles. The van der Waals surface area contributed by atoms with Gasteiger partial charge in [0.25, 0.3) is 0 Å². The lowest BCUT2D eigenvalue weighted by Gasteiger charge is -2.47. The van der Waals surface area contributed by atoms with E-state index in [1.165, 1.54) is 0 Å². The molecule has 29 heavy (non-hydrogen) atoms. The van der Waals surface area contributed by atoms with Crippen LogP contribution in [0.1, 0.15) is 30.0 Å². The maximum Gasteiger partial charge on any atom is 0.318 e. The van der Waals surface area contributed by atoms with Crippen LogP contribution < -0.4 is 11.1 Å². The van der Waals surface area contributed by atoms with Crippen LogP contribution in [-0.4, -0.2) is 54.0 Å². The van der Waals surface area contributed by atoms with Gasteiger partial charge in [0.2, 0.25) is 5.91 Å². The minimum atomic E-state index is -0.188. The molecule has 0 bridgehead atoms. The molecule has 3 N–H and O–H groups in total. The van der Waals surface area contributed by atoms with Gasteiger partial charge in [-0.3, -0.25) is 9.69 Å². The van der Waals surface area contributed by atoms with E-state index in [4.69, 9.17) is 5.73 Å². The molecule has 2 aliphatic rings. The SMILES string of the molecule is NC(=O)C1CCN(C2CN(C(=O)NC(c3ccccc3)c3ccccc3)C2)CC1. The number of likely N-dealkylation sites (tertiary alicyclic amines) is 2. The second-order valence-electron chi connectivity index (χ2n) is 7.98. The summed E-state index contributed by atoms with van der Waals surface area (Å²) >= 11 is 0. The summed E-state index contributed by atoms with van der Waals surface area (Å²) in [5.74, 6) is -0.185. The molecule has 152 valence electrons. The van der Waals surface area contributed by atoms with Crippen molar-refractivity contribution in [1.82, 2.24) is 15.1 Å². The Balaban J connectivity index is 1.35. The molecule has 0 aromatic heterocycles. The van der Waals surface area contributed by atoms with E-state index in [1.54, 1.807) is 0 Å². The second-order valence-corrected chi connectivity index (χ2v) is 7.98. The van der Waals surface area contributed by atoms with E-state index < -0.39 is 0 Å². The molecule has 0 aliphatic carbocycles. The molecule has 2 fully saturated rings. The largest absolute Gasteiger partial charge is 0.369 e. The Morgan fingerprint density at radius 2 is 1.41 bits per heavy atom. The first-order valence-electron chi connectivity index (χ1n) is 10.3. The number of piperidine rings is 1. The monoisotopic (exact) mass is 392 g/mol. The molecule has 0 radical (unpaired) electrons. The normalized spacial score (nSPS) is 18.4. The lowest BCUT2D eigenvalue weighted by atomic mass is 9.94. The lowest BCUT2D eigenvalue weighted by Crippen LogP contribution is -2.64. The Labute approximate surface area is 171 Å². The first-order valence-corrected chi connectivity index (χ1v) is 10.3. The van der Waals surface area contributed by atoms with Crippen molar-refractivity contribution in [2.24, 2.45) is 11.7 Å². The first-order chi connectivity index (χ1) is 14.1. The minimum absolute atomic E-state index is 0.00299. The van der Waals surface area contributed by atoms with Gasteiger partial charge in [0.05, 0.1) is 6.04 Å². The van der Waals surface area contributed by atoms with Crippen molar-refractivity contribution in [3.05, 3.63) is 71.8 Å². The predicted octanol–water partition coefficient (Wildman–Crippen LogP) is 2.37.